The van der Waals surface area contributed by atoms with Crippen molar-refractivity contribution in [1.29, 1.82) is 0 Å². The van der Waals surface area contributed by atoms with E-state index in [9.17, 15) is 0 Å². The van der Waals surface area contributed by atoms with Crippen LogP contribution >= 0.6 is 0 Å². The van der Waals surface area contributed by atoms with E-state index in [0.717, 1.165) is 34.8 Å². The van der Waals surface area contributed by atoms with Crippen molar-refractivity contribution >= 4 is 11.6 Å². The standard InChI is InChI=1S/C18H19N7/c1-3-15-9-16(25-18(22-15)20-12-21-25)19-10-14-11-24(2)23-17(14)13-7-5-4-6-8-13/h4-9,11-12,19H,3,10H2,1-2H3. The van der Waals surface area contributed by atoms with E-state index in [4.69, 9.17) is 0 Å². The molecule has 0 saturated heterocycles. The van der Waals surface area contributed by atoms with Gasteiger partial charge in [0.25, 0.3) is 5.78 Å². The Bertz CT molecular complexity index is 1000. The Balaban J connectivity index is 1.66. The van der Waals surface area contributed by atoms with Gasteiger partial charge >= 0.3 is 0 Å². The molecule has 0 bridgehead atoms. The molecule has 0 aliphatic rings. The molecule has 0 aliphatic carbocycles. The molecule has 4 aromatic rings. The summed E-state index contributed by atoms with van der Waals surface area (Å²) in [4.78, 5) is 8.67. The highest BCUT2D eigenvalue weighted by Gasteiger charge is 2.12. The monoisotopic (exact) mass is 333 g/mol. The molecule has 1 aromatic carbocycles. The Morgan fingerprint density at radius 1 is 1.16 bits per heavy atom. The lowest BCUT2D eigenvalue weighted by Gasteiger charge is -2.09. The zero-order valence-electron chi connectivity index (χ0n) is 14.2. The molecular weight excluding hydrogens is 314 g/mol. The summed E-state index contributed by atoms with van der Waals surface area (Å²) in [5.41, 5.74) is 4.19. The molecule has 7 nitrogen and oxygen atoms in total. The van der Waals surface area contributed by atoms with Gasteiger partial charge in [-0.05, 0) is 6.42 Å². The van der Waals surface area contributed by atoms with Crippen LogP contribution in [0.1, 0.15) is 18.2 Å². The van der Waals surface area contributed by atoms with E-state index in [1.165, 1.54) is 6.33 Å². The molecule has 3 aromatic heterocycles. The second-order valence-electron chi connectivity index (χ2n) is 5.85. The summed E-state index contributed by atoms with van der Waals surface area (Å²) in [6, 6.07) is 12.2. The summed E-state index contributed by atoms with van der Waals surface area (Å²) < 4.78 is 3.56. The van der Waals surface area contributed by atoms with Gasteiger partial charge in [-0.2, -0.15) is 19.7 Å². The van der Waals surface area contributed by atoms with Gasteiger partial charge in [-0.25, -0.2) is 4.98 Å². The molecular formula is C18H19N7. The SMILES string of the molecule is CCc1cc(NCc2cn(C)nc2-c2ccccc2)n2ncnc2n1. The molecule has 0 aliphatic heterocycles. The highest BCUT2D eigenvalue weighted by molar-refractivity contribution is 5.63. The van der Waals surface area contributed by atoms with Crippen LogP contribution in [0.2, 0.25) is 0 Å². The average Bonchev–Trinajstić information content (AvgIpc) is 3.26. The second-order valence-corrected chi connectivity index (χ2v) is 5.85. The van der Waals surface area contributed by atoms with Crippen LogP contribution in [0.5, 0.6) is 0 Å². The molecule has 0 unspecified atom stereocenters. The molecule has 0 fully saturated rings. The van der Waals surface area contributed by atoms with Crippen molar-refractivity contribution in [3.8, 4) is 11.3 Å². The summed E-state index contributed by atoms with van der Waals surface area (Å²) in [7, 11) is 1.94. The Morgan fingerprint density at radius 2 is 2.00 bits per heavy atom. The highest BCUT2D eigenvalue weighted by atomic mass is 15.4. The maximum absolute atomic E-state index is 4.61. The molecule has 4 rings (SSSR count). The maximum atomic E-state index is 4.61. The van der Waals surface area contributed by atoms with Crippen LogP contribution in [-0.2, 0) is 20.0 Å². The summed E-state index contributed by atoms with van der Waals surface area (Å²) in [5.74, 6) is 1.48. The fraction of sp³-hybridized carbons (Fsp3) is 0.222. The van der Waals surface area contributed by atoms with E-state index in [2.05, 4.69) is 44.5 Å². The van der Waals surface area contributed by atoms with E-state index < -0.39 is 0 Å². The number of nitrogens with zero attached hydrogens (tertiary/aromatic N) is 6. The van der Waals surface area contributed by atoms with Crippen LogP contribution in [-0.4, -0.2) is 29.4 Å². The third kappa shape index (κ3) is 2.96. The second kappa shape index (κ2) is 6.35. The van der Waals surface area contributed by atoms with Crippen LogP contribution in [0.15, 0.2) is 48.9 Å². The number of aromatic nitrogens is 6. The molecule has 0 atom stereocenters. The van der Waals surface area contributed by atoms with Crippen LogP contribution in [0, 0.1) is 0 Å². The van der Waals surface area contributed by atoms with Crippen molar-refractivity contribution in [2.24, 2.45) is 7.05 Å². The number of hydrogen-bond donors (Lipinski definition) is 1. The zero-order chi connectivity index (χ0) is 17.2. The van der Waals surface area contributed by atoms with Crippen molar-refractivity contribution in [3.05, 3.63) is 60.2 Å². The topological polar surface area (TPSA) is 72.9 Å². The Morgan fingerprint density at radius 3 is 2.80 bits per heavy atom. The Labute approximate surface area is 145 Å². The quantitative estimate of drug-likeness (QED) is 0.608. The van der Waals surface area contributed by atoms with Crippen molar-refractivity contribution < 1.29 is 0 Å². The maximum Gasteiger partial charge on any atom is 0.254 e. The van der Waals surface area contributed by atoms with E-state index in [-0.39, 0.29) is 0 Å². The van der Waals surface area contributed by atoms with Crippen molar-refractivity contribution in [3.63, 3.8) is 0 Å². The van der Waals surface area contributed by atoms with Crippen molar-refractivity contribution in [2.45, 2.75) is 19.9 Å². The first-order chi connectivity index (χ1) is 12.2. The largest absolute Gasteiger partial charge is 0.366 e. The Hall–Kier alpha value is -3.22. The third-order valence-corrected chi connectivity index (χ3v) is 4.08. The molecule has 0 radical (unpaired) electrons. The number of anilines is 1. The first kappa shape index (κ1) is 15.3. The molecule has 1 N–H and O–H groups in total. The van der Waals surface area contributed by atoms with Crippen molar-refractivity contribution in [2.75, 3.05) is 5.32 Å². The predicted molar refractivity (Wildman–Crippen MR) is 96.1 cm³/mol. The number of aryl methyl sites for hydroxylation is 2. The van der Waals surface area contributed by atoms with E-state index in [1.807, 2.05) is 42.2 Å². The van der Waals surface area contributed by atoms with Gasteiger partial charge in [0.2, 0.25) is 0 Å². The number of rotatable bonds is 5. The lowest BCUT2D eigenvalue weighted by molar-refractivity contribution is 0.770. The minimum absolute atomic E-state index is 0.608. The minimum atomic E-state index is 0.608. The van der Waals surface area contributed by atoms with Gasteiger partial charge in [0.1, 0.15) is 12.1 Å². The smallest absolute Gasteiger partial charge is 0.254 e. The van der Waals surface area contributed by atoms with Gasteiger partial charge in [-0.3, -0.25) is 4.68 Å². The fourth-order valence-corrected chi connectivity index (χ4v) is 2.86. The average molecular weight is 333 g/mol. The van der Waals surface area contributed by atoms with Crippen LogP contribution in [0.25, 0.3) is 17.0 Å². The van der Waals surface area contributed by atoms with Gasteiger partial charge in [-0.15, -0.1) is 0 Å². The van der Waals surface area contributed by atoms with Crippen molar-refractivity contribution in [1.82, 2.24) is 29.4 Å². The van der Waals surface area contributed by atoms with Crippen LogP contribution < -0.4 is 5.32 Å². The summed E-state index contributed by atoms with van der Waals surface area (Å²) >= 11 is 0. The summed E-state index contributed by atoms with van der Waals surface area (Å²) in [5, 5.41) is 12.3. The summed E-state index contributed by atoms with van der Waals surface area (Å²) in [6.07, 6.45) is 4.41. The predicted octanol–water partition coefficient (Wildman–Crippen LogP) is 2.70. The first-order valence-corrected chi connectivity index (χ1v) is 8.26. The van der Waals surface area contributed by atoms with Gasteiger partial charge in [0, 0.05) is 42.7 Å². The van der Waals surface area contributed by atoms with E-state index >= 15 is 0 Å². The molecule has 3 heterocycles. The van der Waals surface area contributed by atoms with Gasteiger partial charge in [0.15, 0.2) is 0 Å². The molecule has 0 saturated carbocycles. The number of fused-ring (bicyclic) bond motifs is 1. The minimum Gasteiger partial charge on any atom is -0.366 e. The van der Waals surface area contributed by atoms with Gasteiger partial charge in [0.05, 0.1) is 5.69 Å². The van der Waals surface area contributed by atoms with E-state index in [1.54, 1.807) is 4.52 Å². The van der Waals surface area contributed by atoms with E-state index in [0.29, 0.717) is 12.3 Å². The highest BCUT2D eigenvalue weighted by Crippen LogP contribution is 2.22. The fourth-order valence-electron chi connectivity index (χ4n) is 2.86. The lowest BCUT2D eigenvalue weighted by atomic mass is 10.1. The molecule has 0 spiro atoms. The van der Waals surface area contributed by atoms with Gasteiger partial charge in [-0.1, -0.05) is 37.3 Å². The molecule has 0 amide bonds. The normalized spacial score (nSPS) is 11.1. The number of nitrogens with one attached hydrogen (secondary N) is 1. The van der Waals surface area contributed by atoms with Crippen LogP contribution in [0.4, 0.5) is 5.82 Å². The Kier molecular flexibility index (Phi) is 3.89. The number of benzene rings is 1. The molecule has 25 heavy (non-hydrogen) atoms. The third-order valence-electron chi connectivity index (χ3n) is 4.08. The van der Waals surface area contributed by atoms with Crippen LogP contribution in [0.3, 0.4) is 0 Å². The molecule has 7 heteroatoms. The lowest BCUT2D eigenvalue weighted by Crippen LogP contribution is -2.08. The summed E-state index contributed by atoms with van der Waals surface area (Å²) in [6.45, 7) is 2.72. The first-order valence-electron chi connectivity index (χ1n) is 8.26. The number of hydrogen-bond acceptors (Lipinski definition) is 5. The van der Waals surface area contributed by atoms with Gasteiger partial charge < -0.3 is 5.32 Å². The molecule has 126 valence electrons. The zero-order valence-corrected chi connectivity index (χ0v) is 14.2.